The molecule has 2 heterocycles. The zero-order chi connectivity index (χ0) is 25.6. The van der Waals surface area contributed by atoms with Crippen molar-refractivity contribution in [1.29, 1.82) is 0 Å². The molecule has 1 saturated heterocycles. The maximum absolute atomic E-state index is 14.6. The van der Waals surface area contributed by atoms with E-state index in [0.29, 0.717) is 23.4 Å². The van der Waals surface area contributed by atoms with Crippen LogP contribution in [0.25, 0.3) is 10.9 Å². The summed E-state index contributed by atoms with van der Waals surface area (Å²) in [7, 11) is -4.16. The van der Waals surface area contributed by atoms with Crippen molar-refractivity contribution in [2.24, 2.45) is 0 Å². The van der Waals surface area contributed by atoms with Gasteiger partial charge in [0.15, 0.2) is 0 Å². The maximum atomic E-state index is 14.6. The van der Waals surface area contributed by atoms with Gasteiger partial charge in [0, 0.05) is 40.3 Å². The molecule has 0 spiro atoms. The Labute approximate surface area is 213 Å². The zero-order valence-corrected chi connectivity index (χ0v) is 21.1. The van der Waals surface area contributed by atoms with Crippen molar-refractivity contribution in [3.63, 3.8) is 0 Å². The van der Waals surface area contributed by atoms with Crippen LogP contribution in [-0.4, -0.2) is 30.4 Å². The summed E-state index contributed by atoms with van der Waals surface area (Å²) < 4.78 is 71.7. The second-order valence-corrected chi connectivity index (χ2v) is 11.4. The van der Waals surface area contributed by atoms with Crippen LogP contribution >= 0.6 is 11.6 Å². The molecule has 36 heavy (non-hydrogen) atoms. The third kappa shape index (κ3) is 4.31. The topological polar surface area (TPSA) is 42.3 Å². The number of benzene rings is 3. The smallest absolute Gasteiger partial charge is 0.246 e. The monoisotopic (exact) mass is 532 g/mol. The van der Waals surface area contributed by atoms with E-state index in [2.05, 4.69) is 0 Å². The highest BCUT2D eigenvalue weighted by Crippen LogP contribution is 2.39. The molecule has 9 heteroatoms. The minimum Gasteiger partial charge on any atom is -0.340 e. The number of aromatic nitrogens is 1. The maximum Gasteiger partial charge on any atom is 0.246 e. The van der Waals surface area contributed by atoms with Crippen LogP contribution in [0.2, 0.25) is 5.02 Å². The first kappa shape index (κ1) is 24.9. The highest BCUT2D eigenvalue weighted by molar-refractivity contribution is 7.89. The normalized spacial score (nSPS) is 15.6. The molecule has 188 valence electrons. The van der Waals surface area contributed by atoms with E-state index in [1.807, 2.05) is 35.8 Å². The van der Waals surface area contributed by atoms with Gasteiger partial charge in [-0.25, -0.2) is 21.6 Å². The Bertz CT molecular complexity index is 1540. The minimum absolute atomic E-state index is 0.0519. The summed E-state index contributed by atoms with van der Waals surface area (Å²) in [5.41, 5.74) is 3.41. The summed E-state index contributed by atoms with van der Waals surface area (Å²) in [6.45, 7) is 2.61. The molecule has 4 nitrogen and oxygen atoms in total. The SMILES string of the molecule is Cc1c(C2CCN(S(=O)(=O)c3cc(F)ccc3F)CC2)c2ccccc2n1Cc1c(F)cccc1Cl. The van der Waals surface area contributed by atoms with Gasteiger partial charge in [-0.05, 0) is 67.6 Å². The molecule has 1 fully saturated rings. The van der Waals surface area contributed by atoms with Crippen LogP contribution in [0, 0.1) is 24.4 Å². The van der Waals surface area contributed by atoms with Gasteiger partial charge in [0.1, 0.15) is 22.3 Å². The van der Waals surface area contributed by atoms with Gasteiger partial charge in [0.2, 0.25) is 10.0 Å². The van der Waals surface area contributed by atoms with Gasteiger partial charge in [-0.15, -0.1) is 0 Å². The summed E-state index contributed by atoms with van der Waals surface area (Å²) in [5.74, 6) is -2.09. The molecule has 5 rings (SSSR count). The Hall–Kier alpha value is -2.81. The molecule has 1 aromatic heterocycles. The number of piperidine rings is 1. The highest BCUT2D eigenvalue weighted by Gasteiger charge is 2.34. The van der Waals surface area contributed by atoms with E-state index in [9.17, 15) is 21.6 Å². The number of para-hydroxylation sites is 1. The van der Waals surface area contributed by atoms with Crippen molar-refractivity contribution in [2.75, 3.05) is 13.1 Å². The third-order valence-electron chi connectivity index (χ3n) is 7.03. The van der Waals surface area contributed by atoms with Crippen molar-refractivity contribution in [2.45, 2.75) is 37.1 Å². The van der Waals surface area contributed by atoms with Gasteiger partial charge in [0.25, 0.3) is 0 Å². The molecular formula is C27H24ClF3N2O2S. The van der Waals surface area contributed by atoms with E-state index in [4.69, 9.17) is 11.6 Å². The van der Waals surface area contributed by atoms with Gasteiger partial charge in [-0.3, -0.25) is 0 Å². The number of fused-ring (bicyclic) bond motifs is 1. The van der Waals surface area contributed by atoms with Crippen molar-refractivity contribution < 1.29 is 21.6 Å². The van der Waals surface area contributed by atoms with Gasteiger partial charge >= 0.3 is 0 Å². The quantitative estimate of drug-likeness (QED) is 0.289. The Morgan fingerprint density at radius 2 is 1.67 bits per heavy atom. The molecule has 1 aliphatic heterocycles. The Morgan fingerprint density at radius 1 is 0.944 bits per heavy atom. The van der Waals surface area contributed by atoms with Crippen LogP contribution in [0.5, 0.6) is 0 Å². The van der Waals surface area contributed by atoms with Crippen LogP contribution in [0.3, 0.4) is 0 Å². The second-order valence-electron chi connectivity index (χ2n) is 9.06. The second kappa shape index (κ2) is 9.57. The molecule has 3 aromatic carbocycles. The molecule has 0 amide bonds. The van der Waals surface area contributed by atoms with Crippen molar-refractivity contribution in [3.05, 3.63) is 100.0 Å². The summed E-state index contributed by atoms with van der Waals surface area (Å²) in [6.07, 6.45) is 1.04. The molecule has 0 bridgehead atoms. The zero-order valence-electron chi connectivity index (χ0n) is 19.5. The van der Waals surface area contributed by atoms with Crippen molar-refractivity contribution in [3.8, 4) is 0 Å². The average Bonchev–Trinajstić information content (AvgIpc) is 3.14. The first-order valence-electron chi connectivity index (χ1n) is 11.6. The Balaban J connectivity index is 1.46. The fourth-order valence-electron chi connectivity index (χ4n) is 5.22. The number of sulfonamides is 1. The largest absolute Gasteiger partial charge is 0.340 e. The molecule has 0 aliphatic carbocycles. The lowest BCUT2D eigenvalue weighted by molar-refractivity contribution is 0.318. The Morgan fingerprint density at radius 3 is 2.39 bits per heavy atom. The molecular weight excluding hydrogens is 509 g/mol. The van der Waals surface area contributed by atoms with E-state index in [-0.39, 0.29) is 31.4 Å². The lowest BCUT2D eigenvalue weighted by Crippen LogP contribution is -2.38. The van der Waals surface area contributed by atoms with Crippen LogP contribution < -0.4 is 0 Å². The molecule has 0 radical (unpaired) electrons. The molecule has 1 aliphatic rings. The summed E-state index contributed by atoms with van der Waals surface area (Å²) in [4.78, 5) is -0.643. The molecule has 0 unspecified atom stereocenters. The number of hydrogen-bond donors (Lipinski definition) is 0. The summed E-state index contributed by atoms with van der Waals surface area (Å²) in [6, 6.07) is 14.9. The minimum atomic E-state index is -4.16. The lowest BCUT2D eigenvalue weighted by atomic mass is 9.88. The van der Waals surface area contributed by atoms with E-state index in [0.717, 1.165) is 40.4 Å². The van der Waals surface area contributed by atoms with Gasteiger partial charge in [0.05, 0.1) is 6.54 Å². The third-order valence-corrected chi connectivity index (χ3v) is 9.30. The van der Waals surface area contributed by atoms with E-state index >= 15 is 0 Å². The van der Waals surface area contributed by atoms with Crippen LogP contribution in [-0.2, 0) is 16.6 Å². The van der Waals surface area contributed by atoms with Crippen LogP contribution in [0.1, 0.15) is 35.6 Å². The fourth-order valence-corrected chi connectivity index (χ4v) is 6.99. The van der Waals surface area contributed by atoms with E-state index in [1.165, 1.54) is 10.4 Å². The number of halogens is 4. The summed E-state index contributed by atoms with van der Waals surface area (Å²) in [5, 5.41) is 1.39. The fraction of sp³-hybridized carbons (Fsp3) is 0.259. The highest BCUT2D eigenvalue weighted by atomic mass is 35.5. The molecule has 4 aromatic rings. The molecule has 0 atom stereocenters. The summed E-state index contributed by atoms with van der Waals surface area (Å²) >= 11 is 6.30. The van der Waals surface area contributed by atoms with Crippen LogP contribution in [0.4, 0.5) is 13.2 Å². The first-order valence-corrected chi connectivity index (χ1v) is 13.5. The van der Waals surface area contributed by atoms with E-state index in [1.54, 1.807) is 12.1 Å². The Kier molecular flexibility index (Phi) is 6.61. The van der Waals surface area contributed by atoms with Crippen LogP contribution in [0.15, 0.2) is 65.6 Å². The van der Waals surface area contributed by atoms with E-state index < -0.39 is 26.6 Å². The average molecular weight is 533 g/mol. The number of hydrogen-bond acceptors (Lipinski definition) is 2. The number of rotatable bonds is 5. The predicted molar refractivity (Wildman–Crippen MR) is 134 cm³/mol. The van der Waals surface area contributed by atoms with Crippen molar-refractivity contribution in [1.82, 2.24) is 8.87 Å². The standard InChI is InChI=1S/C27H24ClF3N2O2S/c1-17-27(18-11-13-32(14-12-18)36(34,35)26-15-19(29)9-10-24(26)31)20-5-2-3-8-25(20)33(17)16-21-22(28)6-4-7-23(21)30/h2-10,15,18H,11-14,16H2,1H3. The first-order chi connectivity index (χ1) is 17.2. The molecule has 0 N–H and O–H groups in total. The lowest BCUT2D eigenvalue weighted by Gasteiger charge is -2.31. The number of nitrogens with zero attached hydrogens (tertiary/aromatic N) is 2. The van der Waals surface area contributed by atoms with Gasteiger partial charge in [-0.1, -0.05) is 35.9 Å². The van der Waals surface area contributed by atoms with Gasteiger partial charge in [-0.2, -0.15) is 4.31 Å². The molecule has 0 saturated carbocycles. The van der Waals surface area contributed by atoms with Gasteiger partial charge < -0.3 is 4.57 Å². The van der Waals surface area contributed by atoms with Crippen molar-refractivity contribution >= 4 is 32.5 Å². The predicted octanol–water partition coefficient (Wildman–Crippen LogP) is 6.64.